The van der Waals surface area contributed by atoms with Crippen LogP contribution < -0.4 is 0 Å². The number of benzene rings is 1. The summed E-state index contributed by atoms with van der Waals surface area (Å²) < 4.78 is 5.49. The first kappa shape index (κ1) is 15.8. The van der Waals surface area contributed by atoms with E-state index in [1.165, 1.54) is 5.56 Å². The van der Waals surface area contributed by atoms with Gasteiger partial charge in [-0.3, -0.25) is 4.90 Å². The van der Waals surface area contributed by atoms with Crippen molar-refractivity contribution in [2.24, 2.45) is 0 Å². The molecule has 0 saturated carbocycles. The molecule has 0 unspecified atom stereocenters. The molecule has 0 aromatic heterocycles. The summed E-state index contributed by atoms with van der Waals surface area (Å²) in [6.45, 7) is 15.2. The average Bonchev–Trinajstić information content (AvgIpc) is 3.06. The first-order chi connectivity index (χ1) is 10.9. The number of rotatable bonds is 2. The Kier molecular flexibility index (Phi) is 4.03. The summed E-state index contributed by atoms with van der Waals surface area (Å²) in [5, 5.41) is 0. The van der Waals surface area contributed by atoms with Crippen LogP contribution in [0.25, 0.3) is 4.85 Å². The normalized spacial score (nSPS) is 23.8. The second kappa shape index (κ2) is 5.86. The third kappa shape index (κ3) is 3.48. The van der Waals surface area contributed by atoms with Crippen molar-refractivity contribution in [3.8, 4) is 0 Å². The molecular weight excluding hydrogens is 290 g/mol. The van der Waals surface area contributed by atoms with Crippen molar-refractivity contribution in [2.75, 3.05) is 13.1 Å². The molecule has 0 N–H and O–H groups in total. The van der Waals surface area contributed by atoms with Crippen LogP contribution >= 0.6 is 0 Å². The van der Waals surface area contributed by atoms with Crippen LogP contribution in [0.4, 0.5) is 10.5 Å². The summed E-state index contributed by atoms with van der Waals surface area (Å²) in [6, 6.07) is 8.44. The van der Waals surface area contributed by atoms with Gasteiger partial charge >= 0.3 is 6.09 Å². The van der Waals surface area contributed by atoms with Gasteiger partial charge in [-0.1, -0.05) is 24.3 Å². The quantitative estimate of drug-likeness (QED) is 0.785. The van der Waals surface area contributed by atoms with Crippen molar-refractivity contribution >= 4 is 11.8 Å². The van der Waals surface area contributed by atoms with E-state index in [0.717, 1.165) is 26.1 Å². The molecule has 2 fully saturated rings. The van der Waals surface area contributed by atoms with Crippen molar-refractivity contribution in [3.63, 3.8) is 0 Å². The van der Waals surface area contributed by atoms with Gasteiger partial charge in [-0.2, -0.15) is 0 Å². The minimum absolute atomic E-state index is 0.189. The zero-order chi connectivity index (χ0) is 16.6. The van der Waals surface area contributed by atoms with Gasteiger partial charge in [-0.25, -0.2) is 9.64 Å². The number of nitrogens with zero attached hydrogens (tertiary/aromatic N) is 3. The second-order valence-corrected chi connectivity index (χ2v) is 7.38. The number of fused-ring (bicyclic) bond motifs is 2. The predicted molar refractivity (Wildman–Crippen MR) is 88.2 cm³/mol. The Labute approximate surface area is 137 Å². The molecule has 5 nitrogen and oxygen atoms in total. The largest absolute Gasteiger partial charge is 0.444 e. The predicted octanol–water partition coefficient (Wildman–Crippen LogP) is 3.43. The molecule has 1 aromatic carbocycles. The Hall–Kier alpha value is -2.06. The maximum absolute atomic E-state index is 12.2. The molecule has 0 spiro atoms. The van der Waals surface area contributed by atoms with E-state index in [4.69, 9.17) is 11.3 Å². The van der Waals surface area contributed by atoms with Gasteiger partial charge in [-0.05, 0) is 32.8 Å². The van der Waals surface area contributed by atoms with Gasteiger partial charge in [0.15, 0.2) is 5.69 Å². The highest BCUT2D eigenvalue weighted by molar-refractivity contribution is 5.69. The van der Waals surface area contributed by atoms with E-state index in [1.54, 1.807) is 0 Å². The third-order valence-electron chi connectivity index (χ3n) is 4.43. The molecule has 2 aliphatic rings. The van der Waals surface area contributed by atoms with E-state index in [1.807, 2.05) is 49.9 Å². The summed E-state index contributed by atoms with van der Waals surface area (Å²) in [4.78, 5) is 20.0. The van der Waals surface area contributed by atoms with Crippen molar-refractivity contribution in [3.05, 3.63) is 41.2 Å². The topological polar surface area (TPSA) is 37.1 Å². The number of ether oxygens (including phenoxy) is 1. The maximum atomic E-state index is 12.2. The molecule has 2 bridgehead atoms. The Balaban J connectivity index is 1.58. The smallest absolute Gasteiger partial charge is 0.410 e. The fourth-order valence-electron chi connectivity index (χ4n) is 3.40. The van der Waals surface area contributed by atoms with Crippen LogP contribution in [0.1, 0.15) is 32.8 Å². The molecule has 122 valence electrons. The summed E-state index contributed by atoms with van der Waals surface area (Å²) in [7, 11) is 0. The van der Waals surface area contributed by atoms with Gasteiger partial charge in [0.1, 0.15) is 5.60 Å². The lowest BCUT2D eigenvalue weighted by Gasteiger charge is -2.35. The number of likely N-dealkylation sites (tertiary alicyclic amines) is 2. The van der Waals surface area contributed by atoms with E-state index >= 15 is 0 Å². The summed E-state index contributed by atoms with van der Waals surface area (Å²) in [5.41, 5.74) is 1.45. The fourth-order valence-corrected chi connectivity index (χ4v) is 3.40. The van der Waals surface area contributed by atoms with Crippen LogP contribution in [-0.2, 0) is 11.3 Å². The van der Waals surface area contributed by atoms with Crippen LogP contribution in [-0.4, -0.2) is 46.7 Å². The molecule has 1 aromatic rings. The van der Waals surface area contributed by atoms with Crippen molar-refractivity contribution < 1.29 is 9.53 Å². The van der Waals surface area contributed by atoms with E-state index in [0.29, 0.717) is 11.7 Å². The van der Waals surface area contributed by atoms with Crippen LogP contribution in [0.2, 0.25) is 0 Å². The standard InChI is InChI=1S/C18H23N3O2/c1-18(2,3)23-17(22)21-12-15-9-16(21)11-20(15)10-13-5-7-14(19-4)8-6-13/h5-8,15-16H,9-12H2,1-3H3/t15-,16-/m0/s1. The van der Waals surface area contributed by atoms with Gasteiger partial charge in [0.2, 0.25) is 0 Å². The summed E-state index contributed by atoms with van der Waals surface area (Å²) >= 11 is 0. The Morgan fingerprint density at radius 2 is 1.96 bits per heavy atom. The molecule has 23 heavy (non-hydrogen) atoms. The van der Waals surface area contributed by atoms with E-state index < -0.39 is 5.60 Å². The lowest BCUT2D eigenvalue weighted by molar-refractivity contribution is 0.0124. The summed E-state index contributed by atoms with van der Waals surface area (Å²) in [6.07, 6.45) is 0.838. The minimum Gasteiger partial charge on any atom is -0.444 e. The average molecular weight is 313 g/mol. The fraction of sp³-hybridized carbons (Fsp3) is 0.556. The van der Waals surface area contributed by atoms with Crippen molar-refractivity contribution in [1.82, 2.24) is 9.80 Å². The SMILES string of the molecule is [C-]#[N+]c1ccc(CN2C[C@@H]3C[C@H]2CN3C(=O)OC(C)(C)C)cc1. The Bertz CT molecular complexity index is 627. The van der Waals surface area contributed by atoms with Crippen LogP contribution in [0.5, 0.6) is 0 Å². The number of amides is 1. The van der Waals surface area contributed by atoms with Gasteiger partial charge in [0.25, 0.3) is 0 Å². The highest BCUT2D eigenvalue weighted by Gasteiger charge is 2.46. The zero-order valence-corrected chi connectivity index (χ0v) is 14.0. The summed E-state index contributed by atoms with van der Waals surface area (Å²) in [5.74, 6) is 0. The highest BCUT2D eigenvalue weighted by atomic mass is 16.6. The monoisotopic (exact) mass is 313 g/mol. The first-order valence-corrected chi connectivity index (χ1v) is 8.06. The minimum atomic E-state index is -0.441. The molecule has 5 heteroatoms. The second-order valence-electron chi connectivity index (χ2n) is 7.38. The van der Waals surface area contributed by atoms with Crippen LogP contribution in [0.15, 0.2) is 24.3 Å². The van der Waals surface area contributed by atoms with Crippen LogP contribution in [0, 0.1) is 6.57 Å². The molecule has 2 atom stereocenters. The van der Waals surface area contributed by atoms with E-state index in [-0.39, 0.29) is 12.1 Å². The van der Waals surface area contributed by atoms with Gasteiger partial charge in [0.05, 0.1) is 6.57 Å². The number of hydrogen-bond donors (Lipinski definition) is 0. The lowest BCUT2D eigenvalue weighted by Crippen LogP contribution is -2.49. The Morgan fingerprint density at radius 3 is 2.48 bits per heavy atom. The Morgan fingerprint density at radius 1 is 1.26 bits per heavy atom. The molecule has 2 aliphatic heterocycles. The highest BCUT2D eigenvalue weighted by Crippen LogP contribution is 2.33. The van der Waals surface area contributed by atoms with Crippen LogP contribution in [0.3, 0.4) is 0 Å². The number of carbonyl (C=O) groups excluding carboxylic acids is 1. The number of hydrogen-bond acceptors (Lipinski definition) is 3. The maximum Gasteiger partial charge on any atom is 0.410 e. The van der Waals surface area contributed by atoms with Gasteiger partial charge in [0, 0.05) is 31.7 Å². The number of carbonyl (C=O) groups is 1. The molecule has 2 heterocycles. The zero-order valence-electron chi connectivity index (χ0n) is 14.0. The van der Waals surface area contributed by atoms with Crippen molar-refractivity contribution in [1.29, 1.82) is 0 Å². The lowest BCUT2D eigenvalue weighted by atomic mass is 10.2. The molecular formula is C18H23N3O2. The molecule has 1 amide bonds. The first-order valence-electron chi connectivity index (χ1n) is 8.06. The molecule has 2 saturated heterocycles. The third-order valence-corrected chi connectivity index (χ3v) is 4.43. The number of piperazine rings is 1. The molecule has 0 aliphatic carbocycles. The van der Waals surface area contributed by atoms with Gasteiger partial charge in [-0.15, -0.1) is 0 Å². The van der Waals surface area contributed by atoms with Crippen molar-refractivity contribution in [2.45, 2.75) is 51.4 Å². The molecule has 0 radical (unpaired) electrons. The van der Waals surface area contributed by atoms with Gasteiger partial charge < -0.3 is 9.64 Å². The van der Waals surface area contributed by atoms with E-state index in [9.17, 15) is 4.79 Å². The van der Waals surface area contributed by atoms with E-state index in [2.05, 4.69) is 9.74 Å². The molecule has 3 rings (SSSR count).